The summed E-state index contributed by atoms with van der Waals surface area (Å²) in [4.78, 5) is 2.20. The highest BCUT2D eigenvalue weighted by Gasteiger charge is 2.08. The Morgan fingerprint density at radius 3 is 2.75 bits per heavy atom. The van der Waals surface area contributed by atoms with E-state index in [1.807, 2.05) is 12.1 Å². The number of nitrogens with zero attached hydrogens (tertiary/aromatic N) is 1. The average molecular weight is 287 g/mol. The molecule has 3 nitrogen and oxygen atoms in total. The predicted molar refractivity (Wildman–Crippen MR) is 70.3 cm³/mol. The van der Waals surface area contributed by atoms with Crippen LogP contribution in [0, 0.1) is 0 Å². The van der Waals surface area contributed by atoms with Crippen molar-refractivity contribution in [2.45, 2.75) is 12.6 Å². The number of ether oxygens (including phenoxy) is 1. The molecule has 0 aliphatic carbocycles. The van der Waals surface area contributed by atoms with Gasteiger partial charge in [0.1, 0.15) is 0 Å². The molecule has 0 radical (unpaired) electrons. The Morgan fingerprint density at radius 2 is 2.12 bits per heavy atom. The van der Waals surface area contributed by atoms with Gasteiger partial charge in [0.05, 0.1) is 6.61 Å². The molecule has 1 aromatic rings. The summed E-state index contributed by atoms with van der Waals surface area (Å²) in [6.45, 7) is 2.31. The Balaban J connectivity index is 2.45. The molecule has 0 saturated heterocycles. The number of nitrogens with two attached hydrogens (primary N) is 1. The molecule has 16 heavy (non-hydrogen) atoms. The van der Waals surface area contributed by atoms with Crippen molar-refractivity contribution in [3.05, 3.63) is 34.3 Å². The van der Waals surface area contributed by atoms with Gasteiger partial charge in [-0.2, -0.15) is 0 Å². The van der Waals surface area contributed by atoms with E-state index in [0.29, 0.717) is 6.61 Å². The molecule has 0 spiro atoms. The van der Waals surface area contributed by atoms with Crippen LogP contribution in [-0.4, -0.2) is 38.3 Å². The van der Waals surface area contributed by atoms with Crippen molar-refractivity contribution in [1.82, 2.24) is 4.90 Å². The van der Waals surface area contributed by atoms with Crippen molar-refractivity contribution in [1.29, 1.82) is 0 Å². The molecule has 0 aliphatic rings. The summed E-state index contributed by atoms with van der Waals surface area (Å²) in [5, 5.41) is 0. The first-order chi connectivity index (χ1) is 7.63. The summed E-state index contributed by atoms with van der Waals surface area (Å²) >= 11 is 3.54. The van der Waals surface area contributed by atoms with E-state index in [1.165, 1.54) is 5.56 Å². The molecule has 0 bridgehead atoms. The zero-order valence-electron chi connectivity index (χ0n) is 9.82. The zero-order valence-corrected chi connectivity index (χ0v) is 11.4. The lowest BCUT2D eigenvalue weighted by molar-refractivity contribution is 0.160. The Morgan fingerprint density at radius 1 is 1.44 bits per heavy atom. The SMILES string of the molecule is COCC(N)CN(C)Cc1ccccc1Br. The average Bonchev–Trinajstić information content (AvgIpc) is 2.21. The number of rotatable bonds is 6. The van der Waals surface area contributed by atoms with E-state index in [9.17, 15) is 0 Å². The Hall–Kier alpha value is -0.420. The fraction of sp³-hybridized carbons (Fsp3) is 0.500. The number of methoxy groups -OCH3 is 1. The van der Waals surface area contributed by atoms with Crippen molar-refractivity contribution in [3.8, 4) is 0 Å². The second-order valence-corrected chi connectivity index (χ2v) is 4.86. The zero-order chi connectivity index (χ0) is 12.0. The largest absolute Gasteiger partial charge is 0.383 e. The Kier molecular flexibility index (Phi) is 5.98. The molecule has 0 aliphatic heterocycles. The first-order valence-electron chi connectivity index (χ1n) is 5.30. The van der Waals surface area contributed by atoms with Crippen molar-refractivity contribution in [3.63, 3.8) is 0 Å². The van der Waals surface area contributed by atoms with Crippen LogP contribution in [0.4, 0.5) is 0 Å². The fourth-order valence-electron chi connectivity index (χ4n) is 1.65. The second-order valence-electron chi connectivity index (χ2n) is 4.00. The third-order valence-electron chi connectivity index (χ3n) is 2.33. The first-order valence-corrected chi connectivity index (χ1v) is 6.09. The molecule has 0 amide bonds. The van der Waals surface area contributed by atoms with E-state index in [4.69, 9.17) is 10.5 Å². The molecule has 0 fully saturated rings. The molecule has 1 unspecified atom stereocenters. The number of hydrogen-bond acceptors (Lipinski definition) is 3. The van der Waals surface area contributed by atoms with Crippen LogP contribution in [-0.2, 0) is 11.3 Å². The molecule has 90 valence electrons. The minimum Gasteiger partial charge on any atom is -0.383 e. The van der Waals surface area contributed by atoms with Gasteiger partial charge in [-0.3, -0.25) is 0 Å². The lowest BCUT2D eigenvalue weighted by Crippen LogP contribution is -2.38. The molecular weight excluding hydrogens is 268 g/mol. The van der Waals surface area contributed by atoms with Crippen LogP contribution in [0.2, 0.25) is 0 Å². The van der Waals surface area contributed by atoms with E-state index in [-0.39, 0.29) is 6.04 Å². The van der Waals surface area contributed by atoms with Gasteiger partial charge in [0.15, 0.2) is 0 Å². The monoisotopic (exact) mass is 286 g/mol. The number of benzene rings is 1. The Bertz CT molecular complexity index is 320. The molecule has 2 N–H and O–H groups in total. The molecule has 4 heteroatoms. The van der Waals surface area contributed by atoms with Gasteiger partial charge < -0.3 is 15.4 Å². The van der Waals surface area contributed by atoms with Crippen molar-refractivity contribution in [2.24, 2.45) is 5.73 Å². The van der Waals surface area contributed by atoms with E-state index < -0.39 is 0 Å². The fourth-order valence-corrected chi connectivity index (χ4v) is 2.06. The van der Waals surface area contributed by atoms with Crippen LogP contribution in [0.25, 0.3) is 0 Å². The topological polar surface area (TPSA) is 38.5 Å². The minimum atomic E-state index is 0.0671. The van der Waals surface area contributed by atoms with Crippen LogP contribution in [0.5, 0.6) is 0 Å². The lowest BCUT2D eigenvalue weighted by Gasteiger charge is -2.21. The van der Waals surface area contributed by atoms with Crippen LogP contribution in [0.1, 0.15) is 5.56 Å². The quantitative estimate of drug-likeness (QED) is 0.868. The smallest absolute Gasteiger partial charge is 0.0626 e. The summed E-state index contributed by atoms with van der Waals surface area (Å²) in [6.07, 6.45) is 0. The van der Waals surface area contributed by atoms with E-state index >= 15 is 0 Å². The molecule has 0 aromatic heterocycles. The third-order valence-corrected chi connectivity index (χ3v) is 3.10. The van der Waals surface area contributed by atoms with Crippen LogP contribution in [0.3, 0.4) is 0 Å². The lowest BCUT2D eigenvalue weighted by atomic mass is 10.2. The summed E-state index contributed by atoms with van der Waals surface area (Å²) in [5.74, 6) is 0. The highest BCUT2D eigenvalue weighted by Crippen LogP contribution is 2.17. The summed E-state index contributed by atoms with van der Waals surface area (Å²) in [6, 6.07) is 8.30. The third kappa shape index (κ3) is 4.61. The van der Waals surface area contributed by atoms with E-state index in [2.05, 4.69) is 40.0 Å². The van der Waals surface area contributed by atoms with Gasteiger partial charge in [0.2, 0.25) is 0 Å². The standard InChI is InChI=1S/C12H19BrN2O/c1-15(8-11(14)9-16-2)7-10-5-3-4-6-12(10)13/h3-6,11H,7-9,14H2,1-2H3. The maximum absolute atomic E-state index is 5.90. The normalized spacial score (nSPS) is 13.1. The highest BCUT2D eigenvalue weighted by atomic mass is 79.9. The van der Waals surface area contributed by atoms with Gasteiger partial charge in [-0.25, -0.2) is 0 Å². The van der Waals surface area contributed by atoms with Gasteiger partial charge in [0.25, 0.3) is 0 Å². The molecule has 0 saturated carbocycles. The van der Waals surface area contributed by atoms with Gasteiger partial charge in [-0.15, -0.1) is 0 Å². The van der Waals surface area contributed by atoms with Crippen molar-refractivity contribution >= 4 is 15.9 Å². The van der Waals surface area contributed by atoms with Crippen LogP contribution >= 0.6 is 15.9 Å². The summed E-state index contributed by atoms with van der Waals surface area (Å²) in [5.41, 5.74) is 7.17. The van der Waals surface area contributed by atoms with Crippen molar-refractivity contribution < 1.29 is 4.74 Å². The molecular formula is C12H19BrN2O. The molecule has 1 atom stereocenters. The number of likely N-dealkylation sites (N-methyl/N-ethyl adjacent to an activating group) is 1. The molecule has 1 aromatic carbocycles. The van der Waals surface area contributed by atoms with Gasteiger partial charge in [-0.05, 0) is 18.7 Å². The predicted octanol–water partition coefficient (Wildman–Crippen LogP) is 1.85. The van der Waals surface area contributed by atoms with Gasteiger partial charge in [-0.1, -0.05) is 34.1 Å². The minimum absolute atomic E-state index is 0.0671. The van der Waals surface area contributed by atoms with Crippen molar-refractivity contribution in [2.75, 3.05) is 27.3 Å². The van der Waals surface area contributed by atoms with Crippen LogP contribution in [0.15, 0.2) is 28.7 Å². The van der Waals surface area contributed by atoms with Gasteiger partial charge in [0, 0.05) is 30.7 Å². The van der Waals surface area contributed by atoms with E-state index in [1.54, 1.807) is 7.11 Å². The van der Waals surface area contributed by atoms with E-state index in [0.717, 1.165) is 17.6 Å². The number of halogens is 1. The van der Waals surface area contributed by atoms with Crippen LogP contribution < -0.4 is 5.73 Å². The van der Waals surface area contributed by atoms with Gasteiger partial charge >= 0.3 is 0 Å². The first kappa shape index (κ1) is 13.6. The maximum Gasteiger partial charge on any atom is 0.0626 e. The molecule has 0 heterocycles. The molecule has 1 rings (SSSR count). The summed E-state index contributed by atoms with van der Waals surface area (Å²) in [7, 11) is 3.74. The maximum atomic E-state index is 5.90. The summed E-state index contributed by atoms with van der Waals surface area (Å²) < 4.78 is 6.16. The number of hydrogen-bond donors (Lipinski definition) is 1. The highest BCUT2D eigenvalue weighted by molar-refractivity contribution is 9.10. The Labute approximate surface area is 106 Å². The second kappa shape index (κ2) is 7.01.